The van der Waals surface area contributed by atoms with Crippen LogP contribution in [0.1, 0.15) is 52.4 Å². The first-order chi connectivity index (χ1) is 11.2. The van der Waals surface area contributed by atoms with E-state index in [1.807, 2.05) is 34.4 Å². The molecule has 6 heteroatoms. The molecular formula is C17H30N3OPS. The first kappa shape index (κ1) is 18.9. The zero-order chi connectivity index (χ0) is 16.5. The van der Waals surface area contributed by atoms with Gasteiger partial charge < -0.3 is 0 Å². The molecule has 2 N–H and O–H groups in total. The Morgan fingerprint density at radius 3 is 2.13 bits per heavy atom. The van der Waals surface area contributed by atoms with Crippen LogP contribution in [0.5, 0.6) is 0 Å². The van der Waals surface area contributed by atoms with E-state index in [2.05, 4.69) is 24.0 Å². The van der Waals surface area contributed by atoms with Gasteiger partial charge in [0, 0.05) is 18.3 Å². The van der Waals surface area contributed by atoms with Gasteiger partial charge in [-0.1, -0.05) is 44.9 Å². The van der Waals surface area contributed by atoms with Crippen LogP contribution in [0.4, 0.5) is 5.69 Å². The smallest absolute Gasteiger partial charge is 0.263 e. The lowest BCUT2D eigenvalue weighted by atomic mass is 10.3. The quantitative estimate of drug-likeness (QED) is 0.307. The van der Waals surface area contributed by atoms with Gasteiger partial charge in [0.25, 0.3) is 0 Å². The highest BCUT2D eigenvalue weighted by molar-refractivity contribution is 8.07. The molecule has 0 atom stereocenters. The standard InChI is InChI=1S/C17H30N3OPS/c1-3-5-14-18-22(21,19-15-6-4-2)20(23-17-12-13-17)16-10-8-7-9-11-16/h7-11,17H,3-6,12-15H2,1-2H3,(H2,18,19,21). The largest absolute Gasteiger partial charge is 0.315 e. The highest BCUT2D eigenvalue weighted by Crippen LogP contribution is 2.53. The fourth-order valence-electron chi connectivity index (χ4n) is 2.16. The van der Waals surface area contributed by atoms with E-state index in [-0.39, 0.29) is 0 Å². The monoisotopic (exact) mass is 355 g/mol. The molecule has 0 aromatic heterocycles. The van der Waals surface area contributed by atoms with Crippen LogP contribution in [-0.2, 0) is 4.57 Å². The lowest BCUT2D eigenvalue weighted by Gasteiger charge is -2.33. The topological polar surface area (TPSA) is 44.4 Å². The summed E-state index contributed by atoms with van der Waals surface area (Å²) >= 11 is 1.73. The number of nitrogens with one attached hydrogen (secondary N) is 2. The second kappa shape index (κ2) is 9.73. The Balaban J connectivity index is 2.16. The first-order valence-corrected chi connectivity index (χ1v) is 11.3. The zero-order valence-electron chi connectivity index (χ0n) is 14.3. The molecule has 4 nitrogen and oxygen atoms in total. The summed E-state index contributed by atoms with van der Waals surface area (Å²) < 4.78 is 15.7. The summed E-state index contributed by atoms with van der Waals surface area (Å²) in [7, 11) is -2.83. The minimum absolute atomic E-state index is 0.601. The Labute approximate surface area is 145 Å². The molecule has 0 spiro atoms. The Hall–Kier alpha value is -0.480. The maximum atomic E-state index is 13.7. The van der Waals surface area contributed by atoms with Crippen LogP contribution >= 0.6 is 19.5 Å². The van der Waals surface area contributed by atoms with Gasteiger partial charge in [0.15, 0.2) is 0 Å². The highest BCUT2D eigenvalue weighted by atomic mass is 32.2. The van der Waals surface area contributed by atoms with Gasteiger partial charge in [-0.2, -0.15) is 0 Å². The van der Waals surface area contributed by atoms with E-state index in [9.17, 15) is 4.57 Å². The number of nitrogens with zero attached hydrogens (tertiary/aromatic N) is 1. The fourth-order valence-corrected chi connectivity index (χ4v) is 6.06. The number of rotatable bonds is 12. The van der Waals surface area contributed by atoms with Crippen LogP contribution < -0.4 is 14.3 Å². The number of hydrogen-bond donors (Lipinski definition) is 2. The third kappa shape index (κ3) is 6.15. The van der Waals surface area contributed by atoms with Gasteiger partial charge >= 0.3 is 7.59 Å². The van der Waals surface area contributed by atoms with Gasteiger partial charge in [-0.25, -0.2) is 14.3 Å². The Morgan fingerprint density at radius 1 is 1.09 bits per heavy atom. The van der Waals surface area contributed by atoms with Crippen molar-refractivity contribution >= 4 is 25.2 Å². The van der Waals surface area contributed by atoms with Crippen molar-refractivity contribution in [1.82, 2.24) is 10.2 Å². The Kier molecular flexibility index (Phi) is 7.97. The fraction of sp³-hybridized carbons (Fsp3) is 0.647. The normalized spacial score (nSPS) is 14.9. The molecule has 0 heterocycles. The van der Waals surface area contributed by atoms with E-state index in [0.29, 0.717) is 5.25 Å². The van der Waals surface area contributed by atoms with Crippen molar-refractivity contribution in [2.45, 2.75) is 57.6 Å². The van der Waals surface area contributed by atoms with Crippen molar-refractivity contribution in [3.63, 3.8) is 0 Å². The zero-order valence-corrected chi connectivity index (χ0v) is 16.0. The van der Waals surface area contributed by atoms with E-state index in [1.165, 1.54) is 12.8 Å². The number of anilines is 1. The van der Waals surface area contributed by atoms with Gasteiger partial charge in [-0.3, -0.25) is 4.57 Å². The summed E-state index contributed by atoms with van der Waals surface area (Å²) in [5, 5.41) is 7.28. The molecular weight excluding hydrogens is 325 g/mol. The predicted molar refractivity (Wildman–Crippen MR) is 103 cm³/mol. The average molecular weight is 355 g/mol. The highest BCUT2D eigenvalue weighted by Gasteiger charge is 2.36. The van der Waals surface area contributed by atoms with Crippen molar-refractivity contribution in [3.05, 3.63) is 30.3 Å². The summed E-state index contributed by atoms with van der Waals surface area (Å²) in [4.78, 5) is 0. The third-order valence-electron chi connectivity index (χ3n) is 3.72. The maximum Gasteiger partial charge on any atom is 0.315 e. The minimum atomic E-state index is -2.83. The summed E-state index contributed by atoms with van der Waals surface area (Å²) in [6, 6.07) is 10.1. The number of para-hydroxylation sites is 1. The van der Waals surface area contributed by atoms with Gasteiger partial charge in [0.1, 0.15) is 0 Å². The molecule has 0 amide bonds. The molecule has 0 aliphatic heterocycles. The summed E-state index contributed by atoms with van der Waals surface area (Å²) in [5.74, 6) is 0. The molecule has 1 saturated carbocycles. The van der Waals surface area contributed by atoms with Gasteiger partial charge in [-0.15, -0.1) is 0 Å². The molecule has 130 valence electrons. The number of unbranched alkanes of at least 4 members (excludes halogenated alkanes) is 2. The Morgan fingerprint density at radius 2 is 1.65 bits per heavy atom. The van der Waals surface area contributed by atoms with E-state index in [1.54, 1.807) is 11.9 Å². The lowest BCUT2D eigenvalue weighted by Crippen LogP contribution is -2.33. The molecule has 1 aliphatic rings. The minimum Gasteiger partial charge on any atom is -0.263 e. The summed E-state index contributed by atoms with van der Waals surface area (Å²) in [5.41, 5.74) is 1.01. The molecule has 0 unspecified atom stereocenters. The Bertz CT molecular complexity index is 482. The predicted octanol–water partition coefficient (Wildman–Crippen LogP) is 5.19. The van der Waals surface area contributed by atoms with E-state index in [4.69, 9.17) is 0 Å². The molecule has 0 radical (unpaired) electrons. The van der Waals surface area contributed by atoms with Crippen molar-refractivity contribution in [1.29, 1.82) is 0 Å². The number of hydrogen-bond acceptors (Lipinski definition) is 2. The van der Waals surface area contributed by atoms with Crippen molar-refractivity contribution in [3.8, 4) is 0 Å². The van der Waals surface area contributed by atoms with E-state index in [0.717, 1.165) is 44.5 Å². The maximum absolute atomic E-state index is 13.7. The molecule has 2 rings (SSSR count). The summed E-state index contributed by atoms with van der Waals surface area (Å²) in [6.07, 6.45) is 6.72. The molecule has 0 bridgehead atoms. The molecule has 0 saturated heterocycles. The lowest BCUT2D eigenvalue weighted by molar-refractivity contribution is 0.549. The molecule has 1 aromatic carbocycles. The number of benzene rings is 1. The van der Waals surface area contributed by atoms with Gasteiger partial charge in [0.05, 0.1) is 5.69 Å². The van der Waals surface area contributed by atoms with Gasteiger partial charge in [0.2, 0.25) is 0 Å². The van der Waals surface area contributed by atoms with Crippen molar-refractivity contribution in [2.24, 2.45) is 0 Å². The second-order valence-electron chi connectivity index (χ2n) is 6.01. The SMILES string of the molecule is CCCCNP(=O)(NCCCC)N(SC1CC1)c1ccccc1. The first-order valence-electron chi connectivity index (χ1n) is 8.82. The van der Waals surface area contributed by atoms with Crippen LogP contribution in [0.2, 0.25) is 0 Å². The second-order valence-corrected chi connectivity index (χ2v) is 9.71. The van der Waals surface area contributed by atoms with Crippen LogP contribution in [0.15, 0.2) is 30.3 Å². The molecule has 23 heavy (non-hydrogen) atoms. The average Bonchev–Trinajstić information content (AvgIpc) is 3.38. The van der Waals surface area contributed by atoms with Crippen LogP contribution in [0.3, 0.4) is 0 Å². The molecule has 1 aromatic rings. The van der Waals surface area contributed by atoms with Gasteiger partial charge in [-0.05, 0) is 49.8 Å². The third-order valence-corrected chi connectivity index (χ3v) is 7.92. The van der Waals surface area contributed by atoms with E-state index < -0.39 is 7.59 Å². The molecule has 1 aliphatic carbocycles. The van der Waals surface area contributed by atoms with Crippen LogP contribution in [0.25, 0.3) is 0 Å². The van der Waals surface area contributed by atoms with E-state index >= 15 is 0 Å². The molecule has 1 fully saturated rings. The summed E-state index contributed by atoms with van der Waals surface area (Å²) in [6.45, 7) is 5.87. The van der Waals surface area contributed by atoms with Crippen LogP contribution in [-0.4, -0.2) is 18.3 Å². The van der Waals surface area contributed by atoms with Crippen molar-refractivity contribution < 1.29 is 4.57 Å². The van der Waals surface area contributed by atoms with Crippen molar-refractivity contribution in [2.75, 3.05) is 17.2 Å². The van der Waals surface area contributed by atoms with Crippen LogP contribution in [0, 0.1) is 0 Å².